The van der Waals surface area contributed by atoms with Crippen LogP contribution in [0.5, 0.6) is 5.75 Å². The summed E-state index contributed by atoms with van der Waals surface area (Å²) in [5.74, 6) is -0.899. The highest BCUT2D eigenvalue weighted by molar-refractivity contribution is 9.10. The van der Waals surface area contributed by atoms with Crippen LogP contribution in [0.3, 0.4) is 0 Å². The zero-order valence-electron chi connectivity index (χ0n) is 10.3. The maximum absolute atomic E-state index is 12.1. The zero-order valence-corrected chi connectivity index (χ0v) is 12.7. The predicted octanol–water partition coefficient (Wildman–Crippen LogP) is 3.97. The maximum Gasteiger partial charge on any atom is 0.273 e. The lowest BCUT2D eigenvalue weighted by Crippen LogP contribution is -2.12. The second kappa shape index (κ2) is 6.11. The first-order valence-corrected chi connectivity index (χ1v) is 6.79. The van der Waals surface area contributed by atoms with Gasteiger partial charge in [0.25, 0.3) is 11.6 Å². The second-order valence-corrected chi connectivity index (χ2v) is 5.33. The third kappa shape index (κ3) is 3.50. The number of rotatable bonds is 3. The molecule has 108 valence electrons. The Morgan fingerprint density at radius 1 is 1.29 bits per heavy atom. The van der Waals surface area contributed by atoms with Crippen LogP contribution in [0.4, 0.5) is 11.4 Å². The maximum atomic E-state index is 12.1. The van der Waals surface area contributed by atoms with Gasteiger partial charge in [-0.15, -0.1) is 0 Å². The van der Waals surface area contributed by atoms with Crippen molar-refractivity contribution in [2.75, 3.05) is 5.32 Å². The van der Waals surface area contributed by atoms with E-state index in [9.17, 15) is 20.0 Å². The molecule has 0 saturated heterocycles. The van der Waals surface area contributed by atoms with Gasteiger partial charge in [-0.1, -0.05) is 11.6 Å². The number of hydrogen-bond donors (Lipinski definition) is 2. The first-order valence-electron chi connectivity index (χ1n) is 5.62. The van der Waals surface area contributed by atoms with E-state index in [-0.39, 0.29) is 16.9 Å². The van der Waals surface area contributed by atoms with Crippen molar-refractivity contribution in [1.29, 1.82) is 0 Å². The molecule has 2 N–H and O–H groups in total. The number of non-ortho nitro benzene ring substituents is 1. The molecule has 0 spiro atoms. The molecule has 0 radical (unpaired) electrons. The van der Waals surface area contributed by atoms with E-state index in [0.717, 1.165) is 6.07 Å². The SMILES string of the molecule is O=C(Nc1ccc([N+](=O)[O-])cc1O)c1cc(Cl)ccc1Br. The van der Waals surface area contributed by atoms with Crippen molar-refractivity contribution in [1.82, 2.24) is 0 Å². The summed E-state index contributed by atoms with van der Waals surface area (Å²) in [6.45, 7) is 0. The van der Waals surface area contributed by atoms with Gasteiger partial charge in [0, 0.05) is 15.6 Å². The highest BCUT2D eigenvalue weighted by Gasteiger charge is 2.15. The number of aromatic hydroxyl groups is 1. The van der Waals surface area contributed by atoms with Gasteiger partial charge in [-0.05, 0) is 40.2 Å². The minimum Gasteiger partial charge on any atom is -0.506 e. The van der Waals surface area contributed by atoms with Crippen LogP contribution in [0.2, 0.25) is 5.02 Å². The number of nitro groups is 1. The number of phenolic OH excluding ortho intramolecular Hbond substituents is 1. The van der Waals surface area contributed by atoms with Gasteiger partial charge >= 0.3 is 0 Å². The highest BCUT2D eigenvalue weighted by atomic mass is 79.9. The lowest BCUT2D eigenvalue weighted by Gasteiger charge is -2.08. The number of anilines is 1. The van der Waals surface area contributed by atoms with Gasteiger partial charge in [0.15, 0.2) is 0 Å². The number of hydrogen-bond acceptors (Lipinski definition) is 4. The van der Waals surface area contributed by atoms with Crippen molar-refractivity contribution in [3.63, 3.8) is 0 Å². The summed E-state index contributed by atoms with van der Waals surface area (Å²) in [7, 11) is 0. The number of benzene rings is 2. The summed E-state index contributed by atoms with van der Waals surface area (Å²) in [4.78, 5) is 22.0. The van der Waals surface area contributed by atoms with Crippen molar-refractivity contribution in [2.45, 2.75) is 0 Å². The first-order chi connectivity index (χ1) is 9.88. The van der Waals surface area contributed by atoms with E-state index in [1.165, 1.54) is 18.2 Å². The quantitative estimate of drug-likeness (QED) is 0.485. The number of phenols is 1. The van der Waals surface area contributed by atoms with E-state index in [0.29, 0.717) is 9.50 Å². The average molecular weight is 372 g/mol. The van der Waals surface area contributed by atoms with Gasteiger partial charge < -0.3 is 10.4 Å². The molecular weight excluding hydrogens is 364 g/mol. The van der Waals surface area contributed by atoms with Crippen LogP contribution in [0.1, 0.15) is 10.4 Å². The minimum absolute atomic E-state index is 0.0671. The lowest BCUT2D eigenvalue weighted by atomic mass is 10.2. The predicted molar refractivity (Wildman–Crippen MR) is 81.9 cm³/mol. The molecule has 2 aromatic carbocycles. The molecule has 0 saturated carbocycles. The Kier molecular flexibility index (Phi) is 4.44. The van der Waals surface area contributed by atoms with E-state index in [1.54, 1.807) is 12.1 Å². The van der Waals surface area contributed by atoms with Crippen molar-refractivity contribution in [2.24, 2.45) is 0 Å². The van der Waals surface area contributed by atoms with Crippen LogP contribution < -0.4 is 5.32 Å². The summed E-state index contributed by atoms with van der Waals surface area (Å²) in [5, 5.41) is 23.1. The summed E-state index contributed by atoms with van der Waals surface area (Å²) < 4.78 is 0.533. The molecule has 8 heteroatoms. The van der Waals surface area contributed by atoms with E-state index in [4.69, 9.17) is 11.6 Å². The molecule has 0 fully saturated rings. The van der Waals surface area contributed by atoms with Gasteiger partial charge in [-0.3, -0.25) is 14.9 Å². The van der Waals surface area contributed by atoms with Crippen LogP contribution in [0.25, 0.3) is 0 Å². The van der Waals surface area contributed by atoms with Crippen molar-refractivity contribution in [3.8, 4) is 5.75 Å². The number of nitro benzene ring substituents is 1. The molecule has 0 aliphatic rings. The van der Waals surface area contributed by atoms with Crippen LogP contribution in [0.15, 0.2) is 40.9 Å². The Morgan fingerprint density at radius 3 is 2.62 bits per heavy atom. The molecule has 0 aromatic heterocycles. The topological polar surface area (TPSA) is 92.5 Å². The Bertz CT molecular complexity index is 736. The molecule has 0 atom stereocenters. The Hall–Kier alpha value is -2.12. The molecule has 1 amide bonds. The second-order valence-electron chi connectivity index (χ2n) is 4.04. The summed E-state index contributed by atoms with van der Waals surface area (Å²) in [6, 6.07) is 8.09. The number of halogens is 2. The third-order valence-corrected chi connectivity index (χ3v) is 3.54. The van der Waals surface area contributed by atoms with Crippen molar-refractivity contribution in [3.05, 3.63) is 61.6 Å². The molecule has 0 unspecified atom stereocenters. The Balaban J connectivity index is 2.27. The highest BCUT2D eigenvalue weighted by Crippen LogP contribution is 2.29. The molecule has 0 aliphatic carbocycles. The van der Waals surface area contributed by atoms with E-state index >= 15 is 0 Å². The van der Waals surface area contributed by atoms with E-state index < -0.39 is 16.6 Å². The average Bonchev–Trinajstić information content (AvgIpc) is 2.43. The number of nitrogens with one attached hydrogen (secondary N) is 1. The van der Waals surface area contributed by atoms with Crippen LogP contribution in [-0.2, 0) is 0 Å². The zero-order chi connectivity index (χ0) is 15.6. The molecular formula is C13H8BrClN2O4. The number of carbonyl (C=O) groups excluding carboxylic acids is 1. The molecule has 0 heterocycles. The molecule has 2 rings (SSSR count). The fourth-order valence-corrected chi connectivity index (χ4v) is 2.20. The number of nitrogens with zero attached hydrogens (tertiary/aromatic N) is 1. The van der Waals surface area contributed by atoms with Crippen LogP contribution in [0, 0.1) is 10.1 Å². The van der Waals surface area contributed by atoms with E-state index in [2.05, 4.69) is 21.2 Å². The summed E-state index contributed by atoms with van der Waals surface area (Å²) in [6.07, 6.45) is 0. The molecule has 6 nitrogen and oxygen atoms in total. The Labute approximate surface area is 132 Å². The van der Waals surface area contributed by atoms with Gasteiger partial charge in [-0.25, -0.2) is 0 Å². The van der Waals surface area contributed by atoms with Crippen molar-refractivity contribution >= 4 is 44.8 Å². The van der Waals surface area contributed by atoms with Gasteiger partial charge in [0.2, 0.25) is 0 Å². The van der Waals surface area contributed by atoms with Crippen LogP contribution >= 0.6 is 27.5 Å². The monoisotopic (exact) mass is 370 g/mol. The normalized spacial score (nSPS) is 10.2. The third-order valence-electron chi connectivity index (χ3n) is 2.61. The summed E-state index contributed by atoms with van der Waals surface area (Å²) >= 11 is 9.05. The van der Waals surface area contributed by atoms with Gasteiger partial charge in [0.05, 0.1) is 22.2 Å². The smallest absolute Gasteiger partial charge is 0.273 e. The van der Waals surface area contributed by atoms with Crippen LogP contribution in [-0.4, -0.2) is 15.9 Å². The fourth-order valence-electron chi connectivity index (χ4n) is 1.60. The van der Waals surface area contributed by atoms with E-state index in [1.807, 2.05) is 0 Å². The fraction of sp³-hybridized carbons (Fsp3) is 0. The summed E-state index contributed by atoms with van der Waals surface area (Å²) in [5.41, 5.74) is 0.0761. The standard InChI is InChI=1S/C13H8BrClN2O4/c14-10-3-1-7(15)5-9(10)13(19)16-11-4-2-8(17(20)21)6-12(11)18/h1-6,18H,(H,16,19). The lowest BCUT2D eigenvalue weighted by molar-refractivity contribution is -0.384. The number of amides is 1. The van der Waals surface area contributed by atoms with Crippen molar-refractivity contribution < 1.29 is 14.8 Å². The largest absolute Gasteiger partial charge is 0.506 e. The molecule has 0 bridgehead atoms. The van der Waals surface area contributed by atoms with Gasteiger partial charge in [0.1, 0.15) is 5.75 Å². The Morgan fingerprint density at radius 2 is 2.00 bits per heavy atom. The number of carbonyl (C=O) groups is 1. The molecule has 0 aliphatic heterocycles. The molecule has 21 heavy (non-hydrogen) atoms. The first kappa shape index (κ1) is 15.3. The molecule has 2 aromatic rings. The minimum atomic E-state index is -0.640. The van der Waals surface area contributed by atoms with Gasteiger partial charge in [-0.2, -0.15) is 0 Å².